The second-order valence-corrected chi connectivity index (χ2v) is 7.09. The summed E-state index contributed by atoms with van der Waals surface area (Å²) in [4.78, 5) is 27.0. The summed E-state index contributed by atoms with van der Waals surface area (Å²) in [6.07, 6.45) is 5.16. The van der Waals surface area contributed by atoms with E-state index in [1.807, 2.05) is 20.0 Å². The van der Waals surface area contributed by atoms with Crippen LogP contribution in [-0.2, 0) is 0 Å². The van der Waals surface area contributed by atoms with Gasteiger partial charge in [-0.1, -0.05) is 6.42 Å². The first-order valence-corrected chi connectivity index (χ1v) is 8.57. The van der Waals surface area contributed by atoms with Crippen molar-refractivity contribution in [2.24, 2.45) is 5.92 Å². The Hall–Kier alpha value is -2.08. The van der Waals surface area contributed by atoms with E-state index in [2.05, 4.69) is 5.32 Å². The lowest BCUT2D eigenvalue weighted by atomic mass is 9.85. The zero-order valence-corrected chi connectivity index (χ0v) is 14.1. The lowest BCUT2D eigenvalue weighted by Crippen LogP contribution is -2.34. The van der Waals surface area contributed by atoms with E-state index in [0.717, 1.165) is 12.1 Å². The normalized spacial score (nSPS) is 14.3. The van der Waals surface area contributed by atoms with E-state index in [1.165, 1.54) is 36.9 Å². The lowest BCUT2D eigenvalue weighted by molar-refractivity contribution is 0.0749. The zero-order chi connectivity index (χ0) is 16.4. The van der Waals surface area contributed by atoms with Gasteiger partial charge in [0.25, 0.3) is 11.8 Å². The number of hydrogen-bond donors (Lipinski definition) is 1. The third-order valence-electron chi connectivity index (χ3n) is 4.20. The van der Waals surface area contributed by atoms with E-state index in [9.17, 15) is 9.59 Å². The van der Waals surface area contributed by atoms with Crippen molar-refractivity contribution >= 4 is 28.2 Å². The van der Waals surface area contributed by atoms with Crippen LogP contribution in [0.15, 0.2) is 28.9 Å². The summed E-state index contributed by atoms with van der Waals surface area (Å²) in [6, 6.07) is 5.10. The molecule has 0 radical (unpaired) electrons. The molecule has 6 heteroatoms. The Bertz CT molecular complexity index is 702. The van der Waals surface area contributed by atoms with Gasteiger partial charge in [0.05, 0.1) is 16.1 Å². The fraction of sp³-hybridized carbons (Fsp3) is 0.412. The summed E-state index contributed by atoms with van der Waals surface area (Å²) in [5, 5.41) is 3.43. The molecule has 0 aromatic carbocycles. The van der Waals surface area contributed by atoms with E-state index in [0.29, 0.717) is 15.8 Å². The molecule has 3 rings (SSSR count). The summed E-state index contributed by atoms with van der Waals surface area (Å²) in [5.74, 6) is 0.615. The average Bonchev–Trinajstić information content (AvgIpc) is 3.11. The second-order valence-electron chi connectivity index (χ2n) is 6.04. The maximum Gasteiger partial charge on any atom is 0.291 e. The Labute approximate surface area is 139 Å². The topological polar surface area (TPSA) is 62.6 Å². The highest BCUT2D eigenvalue weighted by Gasteiger charge is 2.24. The van der Waals surface area contributed by atoms with E-state index < -0.39 is 0 Å². The molecular formula is C17H20N2O3S. The van der Waals surface area contributed by atoms with Crippen molar-refractivity contribution in [2.75, 3.05) is 18.9 Å². The minimum Gasteiger partial charge on any atom is -0.459 e. The smallest absolute Gasteiger partial charge is 0.291 e. The van der Waals surface area contributed by atoms with Crippen LogP contribution in [0.4, 0.5) is 5.00 Å². The molecule has 0 aliphatic heterocycles. The van der Waals surface area contributed by atoms with Gasteiger partial charge in [0.15, 0.2) is 5.76 Å². The number of amides is 2. The molecule has 2 aromatic rings. The lowest BCUT2D eigenvalue weighted by Gasteiger charge is -2.30. The first kappa shape index (κ1) is 15.8. The molecule has 2 heterocycles. The highest BCUT2D eigenvalue weighted by molar-refractivity contribution is 7.18. The molecular weight excluding hydrogens is 312 g/mol. The zero-order valence-electron chi connectivity index (χ0n) is 13.3. The number of furan rings is 1. The van der Waals surface area contributed by atoms with Crippen LogP contribution in [-0.4, -0.2) is 30.3 Å². The van der Waals surface area contributed by atoms with Crippen LogP contribution >= 0.6 is 11.3 Å². The highest BCUT2D eigenvalue weighted by atomic mass is 32.1. The third-order valence-corrected chi connectivity index (χ3v) is 5.34. The predicted octanol–water partition coefficient (Wildman–Crippen LogP) is 3.77. The molecule has 2 amide bonds. The van der Waals surface area contributed by atoms with Gasteiger partial charge in [-0.3, -0.25) is 9.59 Å². The number of aryl methyl sites for hydroxylation is 1. The number of thiophene rings is 1. The molecule has 1 N–H and O–H groups in total. The molecule has 23 heavy (non-hydrogen) atoms. The summed E-state index contributed by atoms with van der Waals surface area (Å²) < 4.78 is 5.07. The second kappa shape index (κ2) is 6.58. The quantitative estimate of drug-likeness (QED) is 0.906. The van der Waals surface area contributed by atoms with Crippen molar-refractivity contribution in [3.05, 3.63) is 40.7 Å². The largest absolute Gasteiger partial charge is 0.459 e. The van der Waals surface area contributed by atoms with Gasteiger partial charge in [-0.15, -0.1) is 11.3 Å². The van der Waals surface area contributed by atoms with Gasteiger partial charge in [-0.05, 0) is 49.4 Å². The molecule has 1 aliphatic rings. The van der Waals surface area contributed by atoms with Crippen LogP contribution < -0.4 is 5.32 Å². The van der Waals surface area contributed by atoms with Crippen molar-refractivity contribution in [1.82, 2.24) is 4.90 Å². The van der Waals surface area contributed by atoms with Crippen LogP contribution in [0.2, 0.25) is 0 Å². The van der Waals surface area contributed by atoms with Crippen LogP contribution in [0.5, 0.6) is 0 Å². The minimum atomic E-state index is -0.307. The maximum atomic E-state index is 12.6. The van der Waals surface area contributed by atoms with E-state index in [-0.39, 0.29) is 17.6 Å². The number of anilines is 1. The average molecular weight is 332 g/mol. The fourth-order valence-corrected chi connectivity index (χ4v) is 3.72. The summed E-state index contributed by atoms with van der Waals surface area (Å²) in [6.45, 7) is 2.70. The number of nitrogens with zero attached hydrogens (tertiary/aromatic N) is 1. The molecule has 0 saturated heterocycles. The monoisotopic (exact) mass is 332 g/mol. The Kier molecular flexibility index (Phi) is 4.52. The standard InChI is InChI=1S/C17H20N2O3S/c1-11-9-14(18-16(20)13-7-4-8-22-13)23-15(11)17(21)19(2)10-12-5-3-6-12/h4,7-9,12H,3,5-6,10H2,1-2H3,(H,18,20). The van der Waals surface area contributed by atoms with Crippen molar-refractivity contribution in [3.63, 3.8) is 0 Å². The van der Waals surface area contributed by atoms with E-state index in [1.54, 1.807) is 17.0 Å². The first-order valence-electron chi connectivity index (χ1n) is 7.75. The molecule has 0 spiro atoms. The number of nitrogens with one attached hydrogen (secondary N) is 1. The molecule has 0 unspecified atom stereocenters. The Morgan fingerprint density at radius 3 is 2.83 bits per heavy atom. The first-order chi connectivity index (χ1) is 11.0. The van der Waals surface area contributed by atoms with Gasteiger partial charge >= 0.3 is 0 Å². The number of carbonyl (C=O) groups excluding carboxylic acids is 2. The van der Waals surface area contributed by atoms with Gasteiger partial charge in [-0.25, -0.2) is 0 Å². The molecule has 1 saturated carbocycles. The van der Waals surface area contributed by atoms with Crippen molar-refractivity contribution in [3.8, 4) is 0 Å². The van der Waals surface area contributed by atoms with Crippen molar-refractivity contribution in [2.45, 2.75) is 26.2 Å². The van der Waals surface area contributed by atoms with Gasteiger partial charge in [0.1, 0.15) is 0 Å². The predicted molar refractivity (Wildman–Crippen MR) is 90.0 cm³/mol. The molecule has 5 nitrogen and oxygen atoms in total. The Balaban J connectivity index is 1.67. The molecule has 2 aromatic heterocycles. The molecule has 1 aliphatic carbocycles. The van der Waals surface area contributed by atoms with Crippen LogP contribution in [0.3, 0.4) is 0 Å². The van der Waals surface area contributed by atoms with Crippen molar-refractivity contribution < 1.29 is 14.0 Å². The number of hydrogen-bond acceptors (Lipinski definition) is 4. The van der Waals surface area contributed by atoms with Crippen LogP contribution in [0, 0.1) is 12.8 Å². The van der Waals surface area contributed by atoms with E-state index >= 15 is 0 Å². The fourth-order valence-electron chi connectivity index (χ4n) is 2.66. The summed E-state index contributed by atoms with van der Waals surface area (Å²) >= 11 is 1.31. The SMILES string of the molecule is Cc1cc(NC(=O)c2ccco2)sc1C(=O)N(C)CC1CCC1. The van der Waals surface area contributed by atoms with Crippen molar-refractivity contribution in [1.29, 1.82) is 0 Å². The number of rotatable bonds is 5. The Morgan fingerprint density at radius 2 is 2.22 bits per heavy atom. The highest BCUT2D eigenvalue weighted by Crippen LogP contribution is 2.30. The Morgan fingerprint density at radius 1 is 1.43 bits per heavy atom. The molecule has 0 bridgehead atoms. The van der Waals surface area contributed by atoms with Gasteiger partial charge in [0, 0.05) is 13.6 Å². The number of carbonyl (C=O) groups is 2. The summed E-state index contributed by atoms with van der Waals surface area (Å²) in [7, 11) is 1.85. The summed E-state index contributed by atoms with van der Waals surface area (Å²) in [5.41, 5.74) is 0.884. The minimum absolute atomic E-state index is 0.0258. The van der Waals surface area contributed by atoms with Gasteiger partial charge < -0.3 is 14.6 Å². The third kappa shape index (κ3) is 3.47. The molecule has 122 valence electrons. The molecule has 1 fully saturated rings. The maximum absolute atomic E-state index is 12.6. The molecule has 0 atom stereocenters. The van der Waals surface area contributed by atoms with Gasteiger partial charge in [-0.2, -0.15) is 0 Å². The van der Waals surface area contributed by atoms with Crippen LogP contribution in [0.1, 0.15) is 45.1 Å². The van der Waals surface area contributed by atoms with Gasteiger partial charge in [0.2, 0.25) is 0 Å². The van der Waals surface area contributed by atoms with E-state index in [4.69, 9.17) is 4.42 Å². The van der Waals surface area contributed by atoms with Crippen LogP contribution in [0.25, 0.3) is 0 Å².